The number of hydrogen-bond donors (Lipinski definition) is 2. The number of benzene rings is 1. The van der Waals surface area contributed by atoms with Gasteiger partial charge in [0.25, 0.3) is 5.91 Å². The van der Waals surface area contributed by atoms with Gasteiger partial charge in [-0.1, -0.05) is 11.6 Å². The SMILES string of the molecule is CCOC(=O)NCc1cc(C(=O)Nc2cc(Cl)ccc2OC)ccn1. The Bertz CT molecular complexity index is 767. The molecule has 2 rings (SSSR count). The second-order valence-corrected chi connectivity index (χ2v) is 5.35. The zero-order valence-corrected chi connectivity index (χ0v) is 14.6. The molecule has 1 aromatic heterocycles. The van der Waals surface area contributed by atoms with Gasteiger partial charge in [0.05, 0.1) is 31.6 Å². The van der Waals surface area contributed by atoms with Crippen LogP contribution in [0.15, 0.2) is 36.5 Å². The van der Waals surface area contributed by atoms with Crippen molar-refractivity contribution in [1.82, 2.24) is 10.3 Å². The normalized spacial score (nSPS) is 10.0. The summed E-state index contributed by atoms with van der Waals surface area (Å²) in [5, 5.41) is 5.77. The summed E-state index contributed by atoms with van der Waals surface area (Å²) in [6.07, 6.45) is 0.953. The molecule has 2 aromatic rings. The Morgan fingerprint density at radius 2 is 2.04 bits per heavy atom. The number of ether oxygens (including phenoxy) is 2. The van der Waals surface area contributed by atoms with Crippen LogP contribution in [0.4, 0.5) is 10.5 Å². The quantitative estimate of drug-likeness (QED) is 0.822. The summed E-state index contributed by atoms with van der Waals surface area (Å²) in [4.78, 5) is 27.9. The Balaban J connectivity index is 2.08. The number of nitrogens with zero attached hydrogens (tertiary/aromatic N) is 1. The lowest BCUT2D eigenvalue weighted by Gasteiger charge is -2.11. The van der Waals surface area contributed by atoms with Crippen molar-refractivity contribution in [2.45, 2.75) is 13.5 Å². The molecule has 132 valence electrons. The third kappa shape index (κ3) is 5.36. The van der Waals surface area contributed by atoms with Gasteiger partial charge in [-0.3, -0.25) is 9.78 Å². The summed E-state index contributed by atoms with van der Waals surface area (Å²) in [6, 6.07) is 8.09. The van der Waals surface area contributed by atoms with E-state index in [1.54, 1.807) is 37.3 Å². The van der Waals surface area contributed by atoms with Crippen LogP contribution in [-0.2, 0) is 11.3 Å². The zero-order chi connectivity index (χ0) is 18.2. The maximum atomic E-state index is 12.4. The van der Waals surface area contributed by atoms with Crippen molar-refractivity contribution < 1.29 is 19.1 Å². The fraction of sp³-hybridized carbons (Fsp3) is 0.235. The molecule has 2 N–H and O–H groups in total. The van der Waals surface area contributed by atoms with E-state index in [0.29, 0.717) is 27.7 Å². The monoisotopic (exact) mass is 363 g/mol. The van der Waals surface area contributed by atoms with Crippen molar-refractivity contribution in [2.75, 3.05) is 19.0 Å². The summed E-state index contributed by atoms with van der Waals surface area (Å²) in [7, 11) is 1.50. The van der Waals surface area contributed by atoms with E-state index in [-0.39, 0.29) is 19.1 Å². The predicted molar refractivity (Wildman–Crippen MR) is 94.1 cm³/mol. The number of alkyl carbamates (subject to hydrolysis) is 1. The third-order valence-electron chi connectivity index (χ3n) is 3.18. The van der Waals surface area contributed by atoms with Crippen LogP contribution in [0.5, 0.6) is 5.75 Å². The fourth-order valence-corrected chi connectivity index (χ4v) is 2.21. The van der Waals surface area contributed by atoms with E-state index in [0.717, 1.165) is 0 Å². The van der Waals surface area contributed by atoms with Crippen molar-refractivity contribution in [1.29, 1.82) is 0 Å². The Kier molecular flexibility index (Phi) is 6.59. The number of aromatic nitrogens is 1. The van der Waals surface area contributed by atoms with Crippen LogP contribution in [0, 0.1) is 0 Å². The van der Waals surface area contributed by atoms with Crippen molar-refractivity contribution in [3.8, 4) is 5.75 Å². The van der Waals surface area contributed by atoms with Crippen LogP contribution >= 0.6 is 11.6 Å². The minimum atomic E-state index is -0.539. The predicted octanol–water partition coefficient (Wildman–Crippen LogP) is 3.24. The average Bonchev–Trinajstić information content (AvgIpc) is 2.61. The lowest BCUT2D eigenvalue weighted by atomic mass is 10.2. The lowest BCUT2D eigenvalue weighted by molar-refractivity contribution is 0.102. The number of amides is 2. The van der Waals surface area contributed by atoms with E-state index in [2.05, 4.69) is 15.6 Å². The Morgan fingerprint density at radius 1 is 1.24 bits per heavy atom. The molecule has 0 atom stereocenters. The van der Waals surface area contributed by atoms with E-state index < -0.39 is 6.09 Å². The van der Waals surface area contributed by atoms with Crippen LogP contribution in [0.2, 0.25) is 5.02 Å². The van der Waals surface area contributed by atoms with Gasteiger partial charge >= 0.3 is 6.09 Å². The van der Waals surface area contributed by atoms with Crippen molar-refractivity contribution in [3.05, 3.63) is 52.8 Å². The molecule has 0 aliphatic heterocycles. The topological polar surface area (TPSA) is 89.5 Å². The van der Waals surface area contributed by atoms with Crippen molar-refractivity contribution >= 4 is 29.3 Å². The Labute approximate surface area is 150 Å². The molecule has 0 aliphatic rings. The van der Waals surface area contributed by atoms with E-state index >= 15 is 0 Å². The molecule has 7 nitrogen and oxygen atoms in total. The fourth-order valence-electron chi connectivity index (χ4n) is 2.03. The molecule has 0 unspecified atom stereocenters. The van der Waals surface area contributed by atoms with Crippen LogP contribution in [0.1, 0.15) is 23.0 Å². The third-order valence-corrected chi connectivity index (χ3v) is 3.41. The highest BCUT2D eigenvalue weighted by atomic mass is 35.5. The summed E-state index contributed by atoms with van der Waals surface area (Å²) in [6.45, 7) is 2.15. The van der Waals surface area contributed by atoms with Gasteiger partial charge in [0.1, 0.15) is 5.75 Å². The van der Waals surface area contributed by atoms with Crippen molar-refractivity contribution in [2.24, 2.45) is 0 Å². The second-order valence-electron chi connectivity index (χ2n) is 4.91. The molecular weight excluding hydrogens is 346 g/mol. The van der Waals surface area contributed by atoms with Gasteiger partial charge in [0, 0.05) is 16.8 Å². The van der Waals surface area contributed by atoms with E-state index in [1.807, 2.05) is 0 Å². The Hall–Kier alpha value is -2.80. The number of hydrogen-bond acceptors (Lipinski definition) is 5. The van der Waals surface area contributed by atoms with E-state index in [9.17, 15) is 9.59 Å². The Morgan fingerprint density at radius 3 is 2.76 bits per heavy atom. The molecule has 0 bridgehead atoms. The first-order valence-corrected chi connectivity index (χ1v) is 7.91. The molecule has 0 aliphatic carbocycles. The van der Waals surface area contributed by atoms with E-state index in [4.69, 9.17) is 21.1 Å². The number of carbonyl (C=O) groups is 2. The highest BCUT2D eigenvalue weighted by Gasteiger charge is 2.12. The molecule has 1 aromatic carbocycles. The molecular formula is C17H18ClN3O4. The maximum absolute atomic E-state index is 12.4. The number of nitrogens with one attached hydrogen (secondary N) is 2. The highest BCUT2D eigenvalue weighted by Crippen LogP contribution is 2.28. The minimum absolute atomic E-state index is 0.153. The molecule has 8 heteroatoms. The second kappa shape index (κ2) is 8.89. The van der Waals surface area contributed by atoms with Gasteiger partial charge in [-0.15, -0.1) is 0 Å². The number of methoxy groups -OCH3 is 1. The summed E-state index contributed by atoms with van der Waals surface area (Å²) in [5.41, 5.74) is 1.37. The first-order chi connectivity index (χ1) is 12.0. The van der Waals surface area contributed by atoms with Crippen LogP contribution in [0.25, 0.3) is 0 Å². The minimum Gasteiger partial charge on any atom is -0.495 e. The molecule has 1 heterocycles. The van der Waals surface area contributed by atoms with Gasteiger partial charge in [0.15, 0.2) is 0 Å². The van der Waals surface area contributed by atoms with Crippen molar-refractivity contribution in [3.63, 3.8) is 0 Å². The van der Waals surface area contributed by atoms with Gasteiger partial charge < -0.3 is 20.1 Å². The molecule has 2 amide bonds. The van der Waals surface area contributed by atoms with Crippen LogP contribution in [0.3, 0.4) is 0 Å². The first kappa shape index (κ1) is 18.5. The van der Waals surface area contributed by atoms with Gasteiger partial charge in [-0.2, -0.15) is 0 Å². The number of anilines is 1. The number of rotatable bonds is 6. The zero-order valence-electron chi connectivity index (χ0n) is 13.8. The molecule has 0 saturated carbocycles. The number of halogens is 1. The van der Waals surface area contributed by atoms with Crippen LogP contribution < -0.4 is 15.4 Å². The summed E-state index contributed by atoms with van der Waals surface area (Å²) in [5.74, 6) is 0.149. The summed E-state index contributed by atoms with van der Waals surface area (Å²) >= 11 is 5.96. The average molecular weight is 364 g/mol. The molecule has 0 fully saturated rings. The first-order valence-electron chi connectivity index (χ1n) is 7.54. The van der Waals surface area contributed by atoms with Gasteiger partial charge in [-0.25, -0.2) is 4.79 Å². The number of pyridine rings is 1. The van der Waals surface area contributed by atoms with Gasteiger partial charge in [0.2, 0.25) is 0 Å². The lowest BCUT2D eigenvalue weighted by Crippen LogP contribution is -2.24. The molecule has 0 spiro atoms. The maximum Gasteiger partial charge on any atom is 0.407 e. The molecule has 0 radical (unpaired) electrons. The van der Waals surface area contributed by atoms with Gasteiger partial charge in [-0.05, 0) is 37.3 Å². The highest BCUT2D eigenvalue weighted by molar-refractivity contribution is 6.31. The summed E-state index contributed by atoms with van der Waals surface area (Å²) < 4.78 is 9.98. The van der Waals surface area contributed by atoms with Crippen LogP contribution in [-0.4, -0.2) is 30.7 Å². The standard InChI is InChI=1S/C17H18ClN3O4/c1-3-25-17(23)20-10-13-8-11(6-7-19-13)16(22)21-14-9-12(18)4-5-15(14)24-2/h4-9H,3,10H2,1-2H3,(H,20,23)(H,21,22). The smallest absolute Gasteiger partial charge is 0.407 e. The number of carbonyl (C=O) groups excluding carboxylic acids is 2. The molecule has 25 heavy (non-hydrogen) atoms. The molecule has 0 saturated heterocycles. The van der Waals surface area contributed by atoms with E-state index in [1.165, 1.54) is 13.3 Å². The largest absolute Gasteiger partial charge is 0.495 e.